The fourth-order valence-corrected chi connectivity index (χ4v) is 1.92. The Balaban J connectivity index is 2.42. The third kappa shape index (κ3) is 6.32. The van der Waals surface area contributed by atoms with Crippen molar-refractivity contribution < 1.29 is 9.90 Å². The van der Waals surface area contributed by atoms with Gasteiger partial charge in [-0.2, -0.15) is 5.26 Å². The standard InChI is InChI=1S/C15H21N3O2/c1-15(2,20)11-18(3)8-7-14(19)17-13-6-4-5-12(9-13)10-16/h4-6,9,20H,7-8,11H2,1-3H3,(H,17,19). The quantitative estimate of drug-likeness (QED) is 0.826. The van der Waals surface area contributed by atoms with Crippen LogP contribution in [0.15, 0.2) is 24.3 Å². The molecule has 1 aromatic carbocycles. The molecular formula is C15H21N3O2. The highest BCUT2D eigenvalue weighted by Gasteiger charge is 2.16. The van der Waals surface area contributed by atoms with Crippen molar-refractivity contribution in [2.75, 3.05) is 25.5 Å². The number of hydrogen-bond donors (Lipinski definition) is 2. The number of rotatable bonds is 6. The number of carbonyl (C=O) groups is 1. The van der Waals surface area contributed by atoms with Gasteiger partial charge in [-0.1, -0.05) is 6.07 Å². The molecule has 5 nitrogen and oxygen atoms in total. The fraction of sp³-hybridized carbons (Fsp3) is 0.467. The van der Waals surface area contributed by atoms with Crippen LogP contribution in [0.1, 0.15) is 25.8 Å². The van der Waals surface area contributed by atoms with E-state index in [-0.39, 0.29) is 5.91 Å². The number of nitrogens with one attached hydrogen (secondary N) is 1. The molecule has 0 unspecified atom stereocenters. The topological polar surface area (TPSA) is 76.4 Å². The Bertz CT molecular complexity index is 501. The molecular weight excluding hydrogens is 254 g/mol. The Labute approximate surface area is 119 Å². The molecule has 0 fully saturated rings. The molecule has 0 atom stereocenters. The van der Waals surface area contributed by atoms with E-state index in [9.17, 15) is 9.90 Å². The summed E-state index contributed by atoms with van der Waals surface area (Å²) in [6, 6.07) is 8.83. The highest BCUT2D eigenvalue weighted by molar-refractivity contribution is 5.90. The zero-order valence-electron chi connectivity index (χ0n) is 12.2. The number of likely N-dealkylation sites (N-methyl/N-ethyl adjacent to an activating group) is 1. The van der Waals surface area contributed by atoms with Gasteiger partial charge in [0.2, 0.25) is 5.91 Å². The van der Waals surface area contributed by atoms with Crippen molar-refractivity contribution in [2.24, 2.45) is 0 Å². The van der Waals surface area contributed by atoms with Crippen molar-refractivity contribution >= 4 is 11.6 Å². The van der Waals surface area contributed by atoms with E-state index >= 15 is 0 Å². The molecule has 0 saturated carbocycles. The van der Waals surface area contributed by atoms with Crippen LogP contribution in [0.2, 0.25) is 0 Å². The van der Waals surface area contributed by atoms with Crippen LogP contribution in [-0.4, -0.2) is 41.7 Å². The number of carbonyl (C=O) groups excluding carboxylic acids is 1. The maximum Gasteiger partial charge on any atom is 0.225 e. The maximum absolute atomic E-state index is 11.8. The molecule has 0 spiro atoms. The second-order valence-electron chi connectivity index (χ2n) is 5.54. The second-order valence-corrected chi connectivity index (χ2v) is 5.54. The molecule has 20 heavy (non-hydrogen) atoms. The molecule has 0 radical (unpaired) electrons. The lowest BCUT2D eigenvalue weighted by Gasteiger charge is -2.25. The average Bonchev–Trinajstić information content (AvgIpc) is 2.34. The Kier molecular flexibility index (Phi) is 5.68. The zero-order valence-corrected chi connectivity index (χ0v) is 12.2. The normalized spacial score (nSPS) is 11.2. The summed E-state index contributed by atoms with van der Waals surface area (Å²) in [4.78, 5) is 13.7. The summed E-state index contributed by atoms with van der Waals surface area (Å²) in [5.74, 6) is -0.109. The van der Waals surface area contributed by atoms with Gasteiger partial charge < -0.3 is 15.3 Å². The Hall–Kier alpha value is -1.90. The third-order valence-corrected chi connectivity index (χ3v) is 2.65. The molecule has 0 aromatic heterocycles. The van der Waals surface area contributed by atoms with Crippen LogP contribution in [0.5, 0.6) is 0 Å². The number of aliphatic hydroxyl groups is 1. The minimum Gasteiger partial charge on any atom is -0.389 e. The Morgan fingerprint density at radius 1 is 1.50 bits per heavy atom. The fourth-order valence-electron chi connectivity index (χ4n) is 1.92. The van der Waals surface area contributed by atoms with Crippen molar-refractivity contribution in [2.45, 2.75) is 25.9 Å². The van der Waals surface area contributed by atoms with Crippen LogP contribution >= 0.6 is 0 Å². The molecule has 1 rings (SSSR count). The predicted octanol–water partition coefficient (Wildman–Crippen LogP) is 1.59. The minimum absolute atomic E-state index is 0.109. The monoisotopic (exact) mass is 275 g/mol. The first-order chi connectivity index (χ1) is 9.30. The summed E-state index contributed by atoms with van der Waals surface area (Å²) in [6.45, 7) is 4.53. The molecule has 0 bridgehead atoms. The smallest absolute Gasteiger partial charge is 0.225 e. The van der Waals surface area contributed by atoms with Crippen molar-refractivity contribution in [3.8, 4) is 6.07 Å². The lowest BCUT2D eigenvalue weighted by molar-refractivity contribution is -0.116. The number of nitrogens with zero attached hydrogens (tertiary/aromatic N) is 2. The summed E-state index contributed by atoms with van der Waals surface area (Å²) in [5, 5.41) is 21.2. The van der Waals surface area contributed by atoms with Gasteiger partial charge in [-0.05, 0) is 39.1 Å². The highest BCUT2D eigenvalue weighted by atomic mass is 16.3. The van der Waals surface area contributed by atoms with Gasteiger partial charge in [-0.25, -0.2) is 0 Å². The van der Waals surface area contributed by atoms with E-state index in [1.807, 2.05) is 18.0 Å². The molecule has 0 aliphatic heterocycles. The van der Waals surface area contributed by atoms with Crippen LogP contribution in [-0.2, 0) is 4.79 Å². The van der Waals surface area contributed by atoms with Gasteiger partial charge in [0.05, 0.1) is 17.2 Å². The zero-order chi connectivity index (χ0) is 15.2. The van der Waals surface area contributed by atoms with Gasteiger partial charge in [0.1, 0.15) is 0 Å². The predicted molar refractivity (Wildman–Crippen MR) is 78.2 cm³/mol. The maximum atomic E-state index is 11.8. The van der Waals surface area contributed by atoms with E-state index in [0.717, 1.165) is 0 Å². The number of amides is 1. The van der Waals surface area contributed by atoms with E-state index in [0.29, 0.717) is 30.8 Å². The van der Waals surface area contributed by atoms with Gasteiger partial charge in [-0.15, -0.1) is 0 Å². The van der Waals surface area contributed by atoms with Crippen molar-refractivity contribution in [3.63, 3.8) is 0 Å². The average molecular weight is 275 g/mol. The van der Waals surface area contributed by atoms with Crippen LogP contribution in [0, 0.1) is 11.3 Å². The number of hydrogen-bond acceptors (Lipinski definition) is 4. The molecule has 2 N–H and O–H groups in total. The largest absolute Gasteiger partial charge is 0.389 e. The van der Waals surface area contributed by atoms with Crippen molar-refractivity contribution in [1.82, 2.24) is 4.90 Å². The lowest BCUT2D eigenvalue weighted by Crippen LogP contribution is -2.37. The van der Waals surface area contributed by atoms with Crippen molar-refractivity contribution in [3.05, 3.63) is 29.8 Å². The molecule has 1 aromatic rings. The van der Waals surface area contributed by atoms with Gasteiger partial charge in [0.15, 0.2) is 0 Å². The second kappa shape index (κ2) is 7.04. The molecule has 108 valence electrons. The van der Waals surface area contributed by atoms with Crippen LogP contribution in [0.4, 0.5) is 5.69 Å². The summed E-state index contributed by atoms with van der Waals surface area (Å²) < 4.78 is 0. The van der Waals surface area contributed by atoms with E-state index < -0.39 is 5.60 Å². The van der Waals surface area contributed by atoms with Crippen LogP contribution in [0.25, 0.3) is 0 Å². The molecule has 1 amide bonds. The summed E-state index contributed by atoms with van der Waals surface area (Å²) in [5.41, 5.74) is 0.368. The lowest BCUT2D eigenvalue weighted by atomic mass is 10.1. The van der Waals surface area contributed by atoms with E-state index in [4.69, 9.17) is 5.26 Å². The molecule has 0 saturated heterocycles. The van der Waals surface area contributed by atoms with Crippen LogP contribution < -0.4 is 5.32 Å². The van der Waals surface area contributed by atoms with E-state index in [2.05, 4.69) is 5.32 Å². The number of anilines is 1. The minimum atomic E-state index is -0.771. The van der Waals surface area contributed by atoms with Crippen LogP contribution in [0.3, 0.4) is 0 Å². The molecule has 5 heteroatoms. The first-order valence-corrected chi connectivity index (χ1v) is 6.51. The van der Waals surface area contributed by atoms with Crippen molar-refractivity contribution in [1.29, 1.82) is 5.26 Å². The summed E-state index contributed by atoms with van der Waals surface area (Å²) in [6.07, 6.45) is 0.337. The first-order valence-electron chi connectivity index (χ1n) is 6.51. The van der Waals surface area contributed by atoms with E-state index in [1.54, 1.807) is 38.1 Å². The summed E-state index contributed by atoms with van der Waals surface area (Å²) in [7, 11) is 1.86. The first kappa shape index (κ1) is 16.2. The molecule has 0 aliphatic rings. The number of nitriles is 1. The van der Waals surface area contributed by atoms with E-state index in [1.165, 1.54) is 0 Å². The summed E-state index contributed by atoms with van der Waals surface area (Å²) >= 11 is 0. The highest BCUT2D eigenvalue weighted by Crippen LogP contribution is 2.10. The molecule has 0 aliphatic carbocycles. The SMILES string of the molecule is CN(CCC(=O)Nc1cccc(C#N)c1)CC(C)(C)O. The Morgan fingerprint density at radius 3 is 2.80 bits per heavy atom. The Morgan fingerprint density at radius 2 is 2.20 bits per heavy atom. The van der Waals surface area contributed by atoms with Gasteiger partial charge >= 0.3 is 0 Å². The van der Waals surface area contributed by atoms with Gasteiger partial charge in [0, 0.05) is 25.2 Å². The van der Waals surface area contributed by atoms with Gasteiger partial charge in [-0.3, -0.25) is 4.79 Å². The molecule has 0 heterocycles. The number of benzene rings is 1. The third-order valence-electron chi connectivity index (χ3n) is 2.65. The van der Waals surface area contributed by atoms with Gasteiger partial charge in [0.25, 0.3) is 0 Å².